The summed E-state index contributed by atoms with van der Waals surface area (Å²) in [6, 6.07) is 8.56. The van der Waals surface area contributed by atoms with Crippen LogP contribution in [0.5, 0.6) is 5.75 Å². The second kappa shape index (κ2) is 6.34. The van der Waals surface area contributed by atoms with Crippen molar-refractivity contribution >= 4 is 26.8 Å². The molecule has 28 heavy (non-hydrogen) atoms. The van der Waals surface area contributed by atoms with Crippen LogP contribution in [0.2, 0.25) is 0 Å². The van der Waals surface area contributed by atoms with E-state index < -0.39 is 21.3 Å². The second-order valence-electron chi connectivity index (χ2n) is 7.19. The highest BCUT2D eigenvalue weighted by Crippen LogP contribution is 2.53. The number of fused-ring (bicyclic) bond motifs is 1. The first-order valence-corrected chi connectivity index (χ1v) is 10.4. The first-order valence-electron chi connectivity index (χ1n) is 8.94. The Morgan fingerprint density at radius 3 is 2.64 bits per heavy atom. The van der Waals surface area contributed by atoms with Crippen LogP contribution in [-0.2, 0) is 20.2 Å². The number of rotatable bonds is 5. The summed E-state index contributed by atoms with van der Waals surface area (Å²) in [4.78, 5) is 13.2. The molecule has 146 valence electrons. The Kier molecular flexibility index (Phi) is 4.19. The third-order valence-corrected chi connectivity index (χ3v) is 6.93. The van der Waals surface area contributed by atoms with E-state index in [1.165, 1.54) is 12.3 Å². The Bertz CT molecular complexity index is 1190. The lowest BCUT2D eigenvalue weighted by molar-refractivity contribution is -0.121. The van der Waals surface area contributed by atoms with E-state index >= 15 is 0 Å². The first-order chi connectivity index (χ1) is 13.3. The minimum atomic E-state index is -4.05. The molecule has 1 aliphatic carbocycles. The Hall–Kier alpha value is -2.87. The van der Waals surface area contributed by atoms with Crippen molar-refractivity contribution in [3.8, 4) is 5.75 Å². The summed E-state index contributed by atoms with van der Waals surface area (Å²) < 4.78 is 33.7. The van der Waals surface area contributed by atoms with Gasteiger partial charge in [-0.15, -0.1) is 0 Å². The molecule has 0 radical (unpaired) electrons. The van der Waals surface area contributed by atoms with Crippen molar-refractivity contribution in [3.05, 3.63) is 53.2 Å². The van der Waals surface area contributed by atoms with Gasteiger partial charge in [0.1, 0.15) is 5.75 Å². The van der Waals surface area contributed by atoms with Crippen LogP contribution in [0.1, 0.15) is 29.5 Å². The molecule has 0 bridgehead atoms. The predicted octanol–water partition coefficient (Wildman–Crippen LogP) is 2.73. The van der Waals surface area contributed by atoms with Gasteiger partial charge in [0.15, 0.2) is 0 Å². The van der Waals surface area contributed by atoms with Gasteiger partial charge < -0.3 is 4.74 Å². The van der Waals surface area contributed by atoms with E-state index in [1.807, 2.05) is 26.0 Å². The highest BCUT2D eigenvalue weighted by atomic mass is 32.2. The average Bonchev–Trinajstić information content (AvgIpc) is 3.32. The Morgan fingerprint density at radius 2 is 1.96 bits per heavy atom. The van der Waals surface area contributed by atoms with E-state index in [1.54, 1.807) is 19.2 Å². The van der Waals surface area contributed by atoms with Crippen LogP contribution >= 0.6 is 0 Å². The van der Waals surface area contributed by atoms with Gasteiger partial charge in [0.05, 0.1) is 29.1 Å². The number of benzene rings is 2. The number of carbonyl (C=O) groups excluding carboxylic acids is 1. The average molecular weight is 399 g/mol. The minimum Gasteiger partial charge on any atom is -0.496 e. The Morgan fingerprint density at radius 1 is 1.21 bits per heavy atom. The molecule has 7 nitrogen and oxygen atoms in total. The van der Waals surface area contributed by atoms with Gasteiger partial charge in [-0.05, 0) is 56.0 Å². The van der Waals surface area contributed by atoms with Crippen molar-refractivity contribution in [2.24, 2.45) is 0 Å². The minimum absolute atomic E-state index is 0.0239. The Labute approximate surface area is 163 Å². The molecule has 0 unspecified atom stereocenters. The fraction of sp³-hybridized carbons (Fsp3) is 0.300. The van der Waals surface area contributed by atoms with Gasteiger partial charge in [0, 0.05) is 10.9 Å². The molecule has 1 amide bonds. The molecule has 0 saturated heterocycles. The molecule has 0 spiro atoms. The molecule has 0 aliphatic heterocycles. The largest absolute Gasteiger partial charge is 0.496 e. The topological polar surface area (TPSA) is 101 Å². The van der Waals surface area contributed by atoms with Gasteiger partial charge in [0.25, 0.3) is 10.0 Å². The number of carbonyl (C=O) groups is 1. The lowest BCUT2D eigenvalue weighted by atomic mass is 9.88. The van der Waals surface area contributed by atoms with Crippen molar-refractivity contribution in [2.75, 3.05) is 7.11 Å². The maximum Gasteiger partial charge on any atom is 0.264 e. The third kappa shape index (κ3) is 2.75. The standard InChI is InChI=1S/C20H21N3O4S/c1-12-7-8-16(27-3)18(13(12)2)20(9-10-20)19(24)23-28(25,26)17-6-4-5-15-14(17)11-21-22-15/h4-8,11H,9-10H2,1-3H3,(H,21,22)(H,23,24). The van der Waals surface area contributed by atoms with Crippen LogP contribution in [0.4, 0.5) is 0 Å². The SMILES string of the molecule is COc1ccc(C)c(C)c1C1(C(=O)NS(=O)(=O)c2cccc3[nH]ncc23)CC1. The smallest absolute Gasteiger partial charge is 0.264 e. The van der Waals surface area contributed by atoms with E-state index in [4.69, 9.17) is 4.74 Å². The maximum atomic E-state index is 13.2. The lowest BCUT2D eigenvalue weighted by Crippen LogP contribution is -2.39. The zero-order chi connectivity index (χ0) is 20.1. The number of amides is 1. The number of hydrogen-bond acceptors (Lipinski definition) is 5. The molecule has 2 N–H and O–H groups in total. The molecule has 1 heterocycles. The summed E-state index contributed by atoms with van der Waals surface area (Å²) in [5.41, 5.74) is 2.44. The zero-order valence-electron chi connectivity index (χ0n) is 15.9. The van der Waals surface area contributed by atoms with Crippen LogP contribution < -0.4 is 9.46 Å². The number of aryl methyl sites for hydroxylation is 1. The molecule has 8 heteroatoms. The van der Waals surface area contributed by atoms with E-state index in [0.717, 1.165) is 16.7 Å². The molecule has 4 rings (SSSR count). The highest BCUT2D eigenvalue weighted by Gasteiger charge is 2.54. The predicted molar refractivity (Wildman–Crippen MR) is 105 cm³/mol. The molecular weight excluding hydrogens is 378 g/mol. The van der Waals surface area contributed by atoms with Gasteiger partial charge in [-0.1, -0.05) is 12.1 Å². The molecule has 0 atom stereocenters. The van der Waals surface area contributed by atoms with Gasteiger partial charge in [-0.2, -0.15) is 5.10 Å². The van der Waals surface area contributed by atoms with Crippen LogP contribution in [0, 0.1) is 13.8 Å². The maximum absolute atomic E-state index is 13.2. The highest BCUT2D eigenvalue weighted by molar-refractivity contribution is 7.90. The van der Waals surface area contributed by atoms with Gasteiger partial charge in [-0.3, -0.25) is 9.89 Å². The summed E-state index contributed by atoms with van der Waals surface area (Å²) in [5.74, 6) is 0.0742. The van der Waals surface area contributed by atoms with Crippen LogP contribution in [0.3, 0.4) is 0 Å². The molecule has 2 aromatic carbocycles. The van der Waals surface area contributed by atoms with E-state index in [-0.39, 0.29) is 4.90 Å². The van der Waals surface area contributed by atoms with Crippen LogP contribution in [-0.4, -0.2) is 31.6 Å². The number of methoxy groups -OCH3 is 1. The van der Waals surface area contributed by atoms with Gasteiger partial charge in [0.2, 0.25) is 5.91 Å². The number of H-pyrrole nitrogens is 1. The summed E-state index contributed by atoms with van der Waals surface area (Å²) in [6.45, 7) is 3.89. The molecule has 3 aromatic rings. The summed E-state index contributed by atoms with van der Waals surface area (Å²) in [6.07, 6.45) is 2.59. The summed E-state index contributed by atoms with van der Waals surface area (Å²) in [7, 11) is -2.50. The number of hydrogen-bond donors (Lipinski definition) is 2. The molecule has 1 aromatic heterocycles. The molecule has 1 fully saturated rings. The van der Waals surface area contributed by atoms with Crippen LogP contribution in [0.15, 0.2) is 41.4 Å². The fourth-order valence-electron chi connectivity index (χ4n) is 3.72. The van der Waals surface area contributed by atoms with E-state index in [2.05, 4.69) is 14.9 Å². The quantitative estimate of drug-likeness (QED) is 0.687. The van der Waals surface area contributed by atoms with Gasteiger partial charge in [-0.25, -0.2) is 13.1 Å². The number of sulfonamides is 1. The number of ether oxygens (including phenoxy) is 1. The second-order valence-corrected chi connectivity index (χ2v) is 8.84. The van der Waals surface area contributed by atoms with Crippen molar-refractivity contribution in [2.45, 2.75) is 37.0 Å². The number of nitrogens with zero attached hydrogens (tertiary/aromatic N) is 1. The molecular formula is C20H21N3O4S. The van der Waals surface area contributed by atoms with Crippen molar-refractivity contribution in [1.29, 1.82) is 0 Å². The number of aromatic nitrogens is 2. The van der Waals surface area contributed by atoms with E-state index in [9.17, 15) is 13.2 Å². The monoisotopic (exact) mass is 399 g/mol. The normalized spacial score (nSPS) is 15.4. The Balaban J connectivity index is 1.73. The lowest BCUT2D eigenvalue weighted by Gasteiger charge is -2.22. The fourth-order valence-corrected chi connectivity index (χ4v) is 4.98. The first kappa shape index (κ1) is 18.5. The van der Waals surface area contributed by atoms with Crippen molar-refractivity contribution < 1.29 is 17.9 Å². The van der Waals surface area contributed by atoms with Crippen molar-refractivity contribution in [3.63, 3.8) is 0 Å². The summed E-state index contributed by atoms with van der Waals surface area (Å²) >= 11 is 0. The van der Waals surface area contributed by atoms with Gasteiger partial charge >= 0.3 is 0 Å². The molecule has 1 aliphatic rings. The van der Waals surface area contributed by atoms with Crippen LogP contribution in [0.25, 0.3) is 10.9 Å². The molecule has 1 saturated carbocycles. The third-order valence-electron chi connectivity index (χ3n) is 5.54. The number of aromatic amines is 1. The van der Waals surface area contributed by atoms with E-state index in [0.29, 0.717) is 29.5 Å². The van der Waals surface area contributed by atoms with Crippen molar-refractivity contribution in [1.82, 2.24) is 14.9 Å². The zero-order valence-corrected chi connectivity index (χ0v) is 16.7. The summed E-state index contributed by atoms with van der Waals surface area (Å²) in [5, 5.41) is 7.07. The number of nitrogens with one attached hydrogen (secondary N) is 2.